The van der Waals surface area contributed by atoms with Gasteiger partial charge in [-0.1, -0.05) is 43.0 Å². The monoisotopic (exact) mass is 440 g/mol. The van der Waals surface area contributed by atoms with E-state index in [2.05, 4.69) is 20.5 Å². The van der Waals surface area contributed by atoms with Gasteiger partial charge in [0.15, 0.2) is 23.8 Å². The summed E-state index contributed by atoms with van der Waals surface area (Å²) in [5, 5.41) is 21.5. The standard InChI is InChI=1S/C21H20N4O5S/c1-3-31-21-23-20-17(24-25-21)12-7-4-5-9-14(12)22-19(30-20)13-8-6-10-15(28-2)18(13)29-11-16(26)27/h4-10,19,22H,3,11H2,1-2H3,(H,26,27)/t19-/m1/s1. The maximum Gasteiger partial charge on any atom is 0.341 e. The Morgan fingerprint density at radius 1 is 1.23 bits per heavy atom. The van der Waals surface area contributed by atoms with Gasteiger partial charge >= 0.3 is 5.97 Å². The molecular formula is C21H20N4O5S. The zero-order chi connectivity index (χ0) is 21.8. The van der Waals surface area contributed by atoms with Gasteiger partial charge in [0.05, 0.1) is 12.7 Å². The number of nitrogens with zero attached hydrogens (tertiary/aromatic N) is 3. The van der Waals surface area contributed by atoms with Gasteiger partial charge in [0.1, 0.15) is 0 Å². The molecule has 10 heteroatoms. The van der Waals surface area contributed by atoms with E-state index in [1.807, 2.05) is 31.2 Å². The van der Waals surface area contributed by atoms with Crippen molar-refractivity contribution in [2.24, 2.45) is 0 Å². The molecule has 2 N–H and O–H groups in total. The molecule has 0 saturated heterocycles. The fraction of sp³-hybridized carbons (Fsp3) is 0.238. The number of carboxylic acids is 1. The number of nitrogens with one attached hydrogen (secondary N) is 1. The Bertz CT molecular complexity index is 1110. The van der Waals surface area contributed by atoms with Crippen molar-refractivity contribution in [3.63, 3.8) is 0 Å². The Morgan fingerprint density at radius 2 is 2.06 bits per heavy atom. The predicted octanol–water partition coefficient (Wildman–Crippen LogP) is 3.63. The van der Waals surface area contributed by atoms with Crippen LogP contribution < -0.4 is 19.5 Å². The molecule has 2 heterocycles. The van der Waals surface area contributed by atoms with Gasteiger partial charge in [-0.05, 0) is 24.0 Å². The average molecular weight is 440 g/mol. The highest BCUT2D eigenvalue weighted by molar-refractivity contribution is 7.99. The van der Waals surface area contributed by atoms with Gasteiger partial charge in [0.2, 0.25) is 17.3 Å². The maximum absolute atomic E-state index is 11.1. The van der Waals surface area contributed by atoms with Gasteiger partial charge in [0, 0.05) is 11.3 Å². The van der Waals surface area contributed by atoms with Crippen LogP contribution >= 0.6 is 11.8 Å². The van der Waals surface area contributed by atoms with Crippen LogP contribution in [0, 0.1) is 0 Å². The number of ether oxygens (including phenoxy) is 3. The highest BCUT2D eigenvalue weighted by Gasteiger charge is 2.29. The maximum atomic E-state index is 11.1. The molecule has 0 bridgehead atoms. The van der Waals surface area contributed by atoms with Crippen LogP contribution in [-0.2, 0) is 4.79 Å². The van der Waals surface area contributed by atoms with E-state index in [-0.39, 0.29) is 5.75 Å². The highest BCUT2D eigenvalue weighted by atomic mass is 32.2. The number of hydrogen-bond donors (Lipinski definition) is 2. The van der Waals surface area contributed by atoms with Gasteiger partial charge in [0.25, 0.3) is 0 Å². The minimum atomic E-state index is -1.10. The Morgan fingerprint density at radius 3 is 2.84 bits per heavy atom. The first-order chi connectivity index (χ1) is 15.1. The van der Waals surface area contributed by atoms with Crippen molar-refractivity contribution in [1.82, 2.24) is 15.2 Å². The van der Waals surface area contributed by atoms with Crippen LogP contribution in [0.15, 0.2) is 47.6 Å². The molecule has 9 nitrogen and oxygen atoms in total. The van der Waals surface area contributed by atoms with Crippen molar-refractivity contribution in [2.45, 2.75) is 18.3 Å². The number of methoxy groups -OCH3 is 1. The third kappa shape index (κ3) is 4.33. The van der Waals surface area contributed by atoms with E-state index in [9.17, 15) is 4.79 Å². The summed E-state index contributed by atoms with van der Waals surface area (Å²) in [5.41, 5.74) is 2.64. The summed E-state index contributed by atoms with van der Waals surface area (Å²) >= 11 is 1.46. The van der Waals surface area contributed by atoms with Crippen LogP contribution in [0.5, 0.6) is 17.4 Å². The third-order valence-electron chi connectivity index (χ3n) is 4.46. The van der Waals surface area contributed by atoms with Crippen LogP contribution in [0.2, 0.25) is 0 Å². The number of aliphatic carboxylic acids is 1. The number of carboxylic acid groups (broad SMARTS) is 1. The van der Waals surface area contributed by atoms with E-state index in [0.29, 0.717) is 28.0 Å². The Balaban J connectivity index is 1.82. The van der Waals surface area contributed by atoms with Crippen molar-refractivity contribution in [3.05, 3.63) is 48.0 Å². The smallest absolute Gasteiger partial charge is 0.341 e. The summed E-state index contributed by atoms with van der Waals surface area (Å²) in [6, 6.07) is 12.8. The van der Waals surface area contributed by atoms with Crippen molar-refractivity contribution in [2.75, 3.05) is 24.8 Å². The van der Waals surface area contributed by atoms with E-state index in [0.717, 1.165) is 17.0 Å². The minimum Gasteiger partial charge on any atom is -0.493 e. The SMILES string of the molecule is CCSc1nnc2c(n1)O[C@H](c1cccc(OC)c1OCC(=O)O)Nc1ccccc1-2. The Labute approximate surface area is 182 Å². The van der Waals surface area contributed by atoms with Gasteiger partial charge < -0.3 is 24.6 Å². The fourth-order valence-electron chi connectivity index (χ4n) is 3.17. The van der Waals surface area contributed by atoms with Crippen LogP contribution in [0.4, 0.5) is 5.69 Å². The first kappa shape index (κ1) is 20.7. The molecule has 31 heavy (non-hydrogen) atoms. The van der Waals surface area contributed by atoms with Crippen molar-refractivity contribution in [3.8, 4) is 28.6 Å². The van der Waals surface area contributed by atoms with Crippen LogP contribution in [0.3, 0.4) is 0 Å². The lowest BCUT2D eigenvalue weighted by Gasteiger charge is -2.22. The molecular weight excluding hydrogens is 420 g/mol. The topological polar surface area (TPSA) is 116 Å². The summed E-state index contributed by atoms with van der Waals surface area (Å²) in [5.74, 6) is 0.684. The summed E-state index contributed by atoms with van der Waals surface area (Å²) in [7, 11) is 1.49. The number of hydrogen-bond acceptors (Lipinski definition) is 9. The number of fused-ring (bicyclic) bond motifs is 3. The number of benzene rings is 2. The Kier molecular flexibility index (Phi) is 6.08. The number of thioether (sulfide) groups is 1. The molecule has 1 aromatic heterocycles. The quantitative estimate of drug-likeness (QED) is 0.528. The third-order valence-corrected chi connectivity index (χ3v) is 5.18. The minimum absolute atomic E-state index is 0.274. The molecule has 1 aliphatic heterocycles. The predicted molar refractivity (Wildman–Crippen MR) is 115 cm³/mol. The van der Waals surface area contributed by atoms with Crippen molar-refractivity contribution < 1.29 is 24.1 Å². The van der Waals surface area contributed by atoms with E-state index < -0.39 is 18.8 Å². The molecule has 3 aromatic rings. The summed E-state index contributed by atoms with van der Waals surface area (Å²) < 4.78 is 17.2. The number of rotatable bonds is 7. The molecule has 0 amide bonds. The Hall–Kier alpha value is -3.53. The number of anilines is 1. The van der Waals surface area contributed by atoms with E-state index in [1.54, 1.807) is 18.2 Å². The lowest BCUT2D eigenvalue weighted by atomic mass is 10.1. The zero-order valence-corrected chi connectivity index (χ0v) is 17.7. The summed E-state index contributed by atoms with van der Waals surface area (Å²) in [6.07, 6.45) is -0.738. The molecule has 0 unspecified atom stereocenters. The molecule has 160 valence electrons. The van der Waals surface area contributed by atoms with E-state index >= 15 is 0 Å². The molecule has 0 aliphatic carbocycles. The lowest BCUT2D eigenvalue weighted by molar-refractivity contribution is -0.139. The van der Waals surface area contributed by atoms with E-state index in [4.69, 9.17) is 19.3 Å². The van der Waals surface area contributed by atoms with Gasteiger partial charge in [-0.3, -0.25) is 0 Å². The molecule has 2 aromatic carbocycles. The van der Waals surface area contributed by atoms with Gasteiger partial charge in [-0.15, -0.1) is 10.2 Å². The zero-order valence-electron chi connectivity index (χ0n) is 16.9. The van der Waals surface area contributed by atoms with Crippen molar-refractivity contribution in [1.29, 1.82) is 0 Å². The first-order valence-corrected chi connectivity index (χ1v) is 10.5. The molecule has 4 rings (SSSR count). The normalized spacial score (nSPS) is 14.3. The summed E-state index contributed by atoms with van der Waals surface area (Å²) in [6.45, 7) is 1.48. The van der Waals surface area contributed by atoms with Gasteiger partial charge in [-0.25, -0.2) is 4.79 Å². The molecule has 0 radical (unpaired) electrons. The number of para-hydroxylation sites is 2. The average Bonchev–Trinajstić information content (AvgIpc) is 2.94. The van der Waals surface area contributed by atoms with Crippen LogP contribution in [-0.4, -0.2) is 45.7 Å². The highest BCUT2D eigenvalue weighted by Crippen LogP contribution is 2.43. The van der Waals surface area contributed by atoms with E-state index in [1.165, 1.54) is 18.9 Å². The van der Waals surface area contributed by atoms with Crippen LogP contribution in [0.25, 0.3) is 11.3 Å². The second-order valence-corrected chi connectivity index (χ2v) is 7.66. The lowest BCUT2D eigenvalue weighted by Crippen LogP contribution is -2.20. The first-order valence-electron chi connectivity index (χ1n) is 9.52. The molecule has 1 atom stereocenters. The fourth-order valence-corrected chi connectivity index (χ4v) is 3.67. The second kappa shape index (κ2) is 9.09. The molecule has 0 spiro atoms. The second-order valence-electron chi connectivity index (χ2n) is 6.43. The molecule has 1 aliphatic rings. The largest absolute Gasteiger partial charge is 0.493 e. The van der Waals surface area contributed by atoms with Gasteiger partial charge in [-0.2, -0.15) is 4.98 Å². The molecule has 0 fully saturated rings. The number of carbonyl (C=O) groups is 1. The molecule has 0 saturated carbocycles. The number of aromatic nitrogens is 3. The van der Waals surface area contributed by atoms with Crippen LogP contribution in [0.1, 0.15) is 18.7 Å². The van der Waals surface area contributed by atoms with Crippen molar-refractivity contribution >= 4 is 23.4 Å². The summed E-state index contributed by atoms with van der Waals surface area (Å²) in [4.78, 5) is 15.6.